The summed E-state index contributed by atoms with van der Waals surface area (Å²) in [5, 5.41) is 8.75. The molecule has 0 atom stereocenters. The molecule has 0 amide bonds. The molecule has 1 N–H and O–H groups in total. The van der Waals surface area contributed by atoms with Crippen LogP contribution in [0.4, 0.5) is 0 Å². The number of carboxylic acid groups (broad SMARTS) is 1. The first kappa shape index (κ1) is 12.0. The second kappa shape index (κ2) is 5.27. The monoisotopic (exact) mass is 244 g/mol. The quantitative estimate of drug-likeness (QED) is 0.876. The van der Waals surface area contributed by atoms with Gasteiger partial charge < -0.3 is 9.67 Å². The lowest BCUT2D eigenvalue weighted by molar-refractivity contribution is 0.0696. The molecule has 0 radical (unpaired) electrons. The third kappa shape index (κ3) is 2.82. The summed E-state index contributed by atoms with van der Waals surface area (Å²) in [5.41, 5.74) is 0.589. The minimum absolute atomic E-state index is 0.00841. The first-order chi connectivity index (χ1) is 8.66. The van der Waals surface area contributed by atoms with E-state index in [4.69, 9.17) is 5.11 Å². The number of aromatic nitrogens is 2. The Hall–Kier alpha value is -2.43. The van der Waals surface area contributed by atoms with E-state index in [1.807, 2.05) is 18.2 Å². The van der Waals surface area contributed by atoms with Gasteiger partial charge in [-0.2, -0.15) is 0 Å². The largest absolute Gasteiger partial charge is 0.478 e. The maximum absolute atomic E-state index is 11.6. The maximum Gasteiger partial charge on any atom is 0.335 e. The highest BCUT2D eigenvalue weighted by atomic mass is 16.4. The van der Waals surface area contributed by atoms with Crippen LogP contribution in [-0.2, 0) is 13.0 Å². The van der Waals surface area contributed by atoms with Crippen LogP contribution in [0.3, 0.4) is 0 Å². The van der Waals surface area contributed by atoms with Crippen LogP contribution in [0.1, 0.15) is 16.1 Å². The molecule has 92 valence electrons. The van der Waals surface area contributed by atoms with E-state index < -0.39 is 5.97 Å². The van der Waals surface area contributed by atoms with Crippen molar-refractivity contribution in [2.45, 2.75) is 13.0 Å². The zero-order valence-electron chi connectivity index (χ0n) is 9.61. The van der Waals surface area contributed by atoms with Gasteiger partial charge in [0.2, 0.25) is 0 Å². The van der Waals surface area contributed by atoms with E-state index in [0.717, 1.165) is 11.8 Å². The van der Waals surface area contributed by atoms with Crippen molar-refractivity contribution in [1.82, 2.24) is 9.55 Å². The Morgan fingerprint density at radius 1 is 1.33 bits per heavy atom. The number of pyridine rings is 2. The van der Waals surface area contributed by atoms with Gasteiger partial charge in [0.15, 0.2) is 0 Å². The van der Waals surface area contributed by atoms with Gasteiger partial charge in [-0.05, 0) is 18.2 Å². The van der Waals surface area contributed by atoms with Crippen LogP contribution in [0, 0.1) is 0 Å². The molecule has 0 aliphatic carbocycles. The average Bonchev–Trinajstić information content (AvgIpc) is 2.38. The predicted molar refractivity (Wildman–Crippen MR) is 65.6 cm³/mol. The molecule has 0 saturated heterocycles. The Kier molecular flexibility index (Phi) is 3.52. The van der Waals surface area contributed by atoms with Gasteiger partial charge in [-0.25, -0.2) is 4.79 Å². The SMILES string of the molecule is O=C(O)c1ccn(CCc2ccccn2)c(=O)c1. The summed E-state index contributed by atoms with van der Waals surface area (Å²) in [6, 6.07) is 8.15. The van der Waals surface area contributed by atoms with Crippen LogP contribution >= 0.6 is 0 Å². The summed E-state index contributed by atoms with van der Waals surface area (Å²) < 4.78 is 1.47. The fourth-order valence-electron chi connectivity index (χ4n) is 1.61. The third-order valence-electron chi connectivity index (χ3n) is 2.58. The highest BCUT2D eigenvalue weighted by molar-refractivity contribution is 5.87. The molecule has 18 heavy (non-hydrogen) atoms. The Bertz CT molecular complexity index is 605. The summed E-state index contributed by atoms with van der Waals surface area (Å²) in [6.07, 6.45) is 3.83. The Morgan fingerprint density at radius 2 is 2.17 bits per heavy atom. The van der Waals surface area contributed by atoms with Crippen LogP contribution in [0.2, 0.25) is 0 Å². The minimum atomic E-state index is -1.09. The molecular formula is C13H12N2O3. The van der Waals surface area contributed by atoms with Gasteiger partial charge in [-0.3, -0.25) is 9.78 Å². The molecule has 0 bridgehead atoms. The molecule has 2 aromatic rings. The van der Waals surface area contributed by atoms with Crippen molar-refractivity contribution in [2.24, 2.45) is 0 Å². The van der Waals surface area contributed by atoms with Crippen molar-refractivity contribution >= 4 is 5.97 Å². The van der Waals surface area contributed by atoms with Gasteiger partial charge in [0.05, 0.1) is 5.56 Å². The molecule has 0 aliphatic rings. The lowest BCUT2D eigenvalue weighted by atomic mass is 10.2. The Labute approximate surface area is 103 Å². The van der Waals surface area contributed by atoms with Gasteiger partial charge in [-0.15, -0.1) is 0 Å². The lowest BCUT2D eigenvalue weighted by Gasteiger charge is -2.05. The summed E-state index contributed by atoms with van der Waals surface area (Å²) in [6.45, 7) is 0.482. The van der Waals surface area contributed by atoms with Gasteiger partial charge in [0.25, 0.3) is 5.56 Å². The number of hydrogen-bond donors (Lipinski definition) is 1. The number of hydrogen-bond acceptors (Lipinski definition) is 3. The first-order valence-corrected chi connectivity index (χ1v) is 5.50. The topological polar surface area (TPSA) is 72.2 Å². The van der Waals surface area contributed by atoms with Crippen LogP contribution in [0.5, 0.6) is 0 Å². The second-order valence-electron chi connectivity index (χ2n) is 3.82. The van der Waals surface area contributed by atoms with E-state index in [-0.39, 0.29) is 11.1 Å². The lowest BCUT2D eigenvalue weighted by Crippen LogP contribution is -2.21. The summed E-state index contributed by atoms with van der Waals surface area (Å²) in [5.74, 6) is -1.09. The first-order valence-electron chi connectivity index (χ1n) is 5.50. The molecule has 5 nitrogen and oxygen atoms in total. The molecule has 5 heteroatoms. The van der Waals surface area contributed by atoms with Crippen LogP contribution < -0.4 is 5.56 Å². The molecule has 0 fully saturated rings. The predicted octanol–water partition coefficient (Wildman–Crippen LogP) is 1.18. The summed E-state index contributed by atoms with van der Waals surface area (Å²) in [7, 11) is 0. The normalized spacial score (nSPS) is 10.2. The summed E-state index contributed by atoms with van der Waals surface area (Å²) in [4.78, 5) is 26.5. The smallest absolute Gasteiger partial charge is 0.335 e. The number of aromatic carboxylic acids is 1. The van der Waals surface area contributed by atoms with Crippen LogP contribution in [0.15, 0.2) is 47.5 Å². The fourth-order valence-corrected chi connectivity index (χ4v) is 1.61. The van der Waals surface area contributed by atoms with Gasteiger partial charge >= 0.3 is 5.97 Å². The number of carbonyl (C=O) groups is 1. The number of nitrogens with zero attached hydrogens (tertiary/aromatic N) is 2. The van der Waals surface area contributed by atoms with Crippen molar-refractivity contribution < 1.29 is 9.90 Å². The van der Waals surface area contributed by atoms with Crippen LogP contribution in [-0.4, -0.2) is 20.6 Å². The average molecular weight is 244 g/mol. The molecular weight excluding hydrogens is 232 g/mol. The molecule has 2 heterocycles. The van der Waals surface area contributed by atoms with E-state index in [2.05, 4.69) is 4.98 Å². The third-order valence-corrected chi connectivity index (χ3v) is 2.58. The zero-order valence-corrected chi connectivity index (χ0v) is 9.61. The molecule has 0 saturated carbocycles. The molecule has 0 aliphatic heterocycles. The van der Waals surface area contributed by atoms with Gasteiger partial charge in [0, 0.05) is 37.1 Å². The van der Waals surface area contributed by atoms with Crippen molar-refractivity contribution in [1.29, 1.82) is 0 Å². The maximum atomic E-state index is 11.6. The van der Waals surface area contributed by atoms with E-state index >= 15 is 0 Å². The van der Waals surface area contributed by atoms with Crippen molar-refractivity contribution in [3.05, 3.63) is 64.3 Å². The highest BCUT2D eigenvalue weighted by Gasteiger charge is 2.05. The Balaban J connectivity index is 2.11. The fraction of sp³-hybridized carbons (Fsp3) is 0.154. The van der Waals surface area contributed by atoms with Crippen molar-refractivity contribution in [3.8, 4) is 0 Å². The van der Waals surface area contributed by atoms with E-state index in [9.17, 15) is 9.59 Å². The number of aryl methyl sites for hydroxylation is 2. The van der Waals surface area contributed by atoms with E-state index in [1.165, 1.54) is 16.8 Å². The molecule has 0 aromatic carbocycles. The van der Waals surface area contributed by atoms with E-state index in [1.54, 1.807) is 6.20 Å². The minimum Gasteiger partial charge on any atom is -0.478 e. The molecule has 0 unspecified atom stereocenters. The van der Waals surface area contributed by atoms with Gasteiger partial charge in [0.1, 0.15) is 0 Å². The van der Waals surface area contributed by atoms with Crippen molar-refractivity contribution in [2.75, 3.05) is 0 Å². The summed E-state index contributed by atoms with van der Waals surface area (Å²) >= 11 is 0. The van der Waals surface area contributed by atoms with Crippen LogP contribution in [0.25, 0.3) is 0 Å². The number of carboxylic acids is 1. The molecule has 2 rings (SSSR count). The van der Waals surface area contributed by atoms with Gasteiger partial charge in [-0.1, -0.05) is 6.07 Å². The Morgan fingerprint density at radius 3 is 2.78 bits per heavy atom. The second-order valence-corrected chi connectivity index (χ2v) is 3.82. The van der Waals surface area contributed by atoms with Crippen molar-refractivity contribution in [3.63, 3.8) is 0 Å². The standard InChI is InChI=1S/C13H12N2O3/c16-12-9-10(13(17)18)4-7-15(12)8-5-11-3-1-2-6-14-11/h1-4,6-7,9H,5,8H2,(H,17,18). The highest BCUT2D eigenvalue weighted by Crippen LogP contribution is 1.98. The zero-order chi connectivity index (χ0) is 13.0. The van der Waals surface area contributed by atoms with E-state index in [0.29, 0.717) is 13.0 Å². The molecule has 2 aromatic heterocycles. The number of rotatable bonds is 4. The molecule has 0 spiro atoms.